The molecule has 0 heterocycles. The lowest BCUT2D eigenvalue weighted by Crippen LogP contribution is -1.87. The van der Waals surface area contributed by atoms with Crippen LogP contribution in [-0.4, -0.2) is 18.0 Å². The smallest absolute Gasteiger partial charge is 0.185 e. The zero-order valence-electron chi connectivity index (χ0n) is 9.90. The monoisotopic (exact) mass is 314 g/mol. The first-order chi connectivity index (χ1) is 8.13. The van der Waals surface area contributed by atoms with Gasteiger partial charge in [0.25, 0.3) is 0 Å². The predicted molar refractivity (Wildman–Crippen MR) is 77.5 cm³/mol. The second-order valence-corrected chi connectivity index (χ2v) is 5.60. The first-order valence-corrected chi connectivity index (χ1v) is 7.05. The number of carbonyl (C=O) groups is 1. The summed E-state index contributed by atoms with van der Waals surface area (Å²) in [6.07, 6.45) is 4.96. The Labute approximate surface area is 115 Å². The Morgan fingerprint density at radius 3 is 2.94 bits per heavy atom. The summed E-state index contributed by atoms with van der Waals surface area (Å²) in [6, 6.07) is 5.91. The second kappa shape index (κ2) is 7.56. The number of carbonyl (C=O) groups excluding carboxylic acids is 1. The number of methoxy groups -OCH3 is 1. The van der Waals surface area contributed by atoms with Crippen molar-refractivity contribution in [2.45, 2.75) is 13.3 Å². The number of hydrogen-bond acceptors (Lipinski definition) is 3. The van der Waals surface area contributed by atoms with E-state index in [0.29, 0.717) is 0 Å². The first-order valence-electron chi connectivity index (χ1n) is 5.27. The Morgan fingerprint density at radius 1 is 1.53 bits per heavy atom. The predicted octanol–water partition coefficient (Wildman–Crippen LogP) is 4.14. The molecule has 0 aromatic heterocycles. The quantitative estimate of drug-likeness (QED) is 0.764. The molecule has 0 aliphatic carbocycles. The van der Waals surface area contributed by atoms with Gasteiger partial charge in [0.05, 0.1) is 7.11 Å². The molecule has 92 valence electrons. The Balaban J connectivity index is 2.55. The maximum absolute atomic E-state index is 10.7. The Kier molecular flexibility index (Phi) is 6.37. The molecule has 0 aliphatic heterocycles. The number of halogens is 1. The van der Waals surface area contributed by atoms with Gasteiger partial charge in [-0.25, -0.2) is 0 Å². The van der Waals surface area contributed by atoms with Gasteiger partial charge in [-0.2, -0.15) is 0 Å². The van der Waals surface area contributed by atoms with E-state index in [0.717, 1.165) is 28.0 Å². The third-order valence-electron chi connectivity index (χ3n) is 2.08. The summed E-state index contributed by atoms with van der Waals surface area (Å²) >= 11 is 4.75. The number of ether oxygens (including phenoxy) is 1. The molecule has 1 aromatic rings. The molecule has 2 nitrogen and oxygen atoms in total. The minimum absolute atomic E-state index is 0.166. The van der Waals surface area contributed by atoms with E-state index < -0.39 is 0 Å². The summed E-state index contributed by atoms with van der Waals surface area (Å²) in [6.45, 7) is 1.59. The molecular formula is C13H15BrO2S. The summed E-state index contributed by atoms with van der Waals surface area (Å²) in [5.41, 5.74) is 1.04. The lowest BCUT2D eigenvalue weighted by molar-refractivity contribution is -0.109. The van der Waals surface area contributed by atoms with E-state index >= 15 is 0 Å². The van der Waals surface area contributed by atoms with Crippen LogP contribution in [0.2, 0.25) is 0 Å². The summed E-state index contributed by atoms with van der Waals surface area (Å²) in [4.78, 5) is 10.7. The number of thioether (sulfide) groups is 1. The molecule has 0 saturated carbocycles. The van der Waals surface area contributed by atoms with Crippen molar-refractivity contribution in [2.24, 2.45) is 0 Å². The summed E-state index contributed by atoms with van der Waals surface area (Å²) in [5.74, 6) is 1.67. The lowest BCUT2D eigenvalue weighted by atomic mass is 10.2. The van der Waals surface area contributed by atoms with Crippen LogP contribution in [0.1, 0.15) is 18.9 Å². The van der Waals surface area contributed by atoms with Crippen LogP contribution in [0.3, 0.4) is 0 Å². The number of allylic oxidation sites excluding steroid dienone is 1. The van der Waals surface area contributed by atoms with Crippen LogP contribution in [-0.2, 0) is 4.79 Å². The van der Waals surface area contributed by atoms with Gasteiger partial charge >= 0.3 is 0 Å². The lowest BCUT2D eigenvalue weighted by Gasteiger charge is -2.04. The average Bonchev–Trinajstić information content (AvgIpc) is 2.29. The van der Waals surface area contributed by atoms with Crippen molar-refractivity contribution < 1.29 is 9.53 Å². The normalized spacial score (nSPS) is 10.8. The fourth-order valence-electron chi connectivity index (χ4n) is 1.30. The molecule has 0 N–H and O–H groups in total. The van der Waals surface area contributed by atoms with E-state index in [1.54, 1.807) is 14.0 Å². The van der Waals surface area contributed by atoms with Crippen LogP contribution in [0, 0.1) is 0 Å². The van der Waals surface area contributed by atoms with Crippen molar-refractivity contribution in [1.29, 1.82) is 0 Å². The van der Waals surface area contributed by atoms with Gasteiger partial charge < -0.3 is 4.74 Å². The van der Waals surface area contributed by atoms with Crippen molar-refractivity contribution in [1.82, 2.24) is 0 Å². The van der Waals surface area contributed by atoms with Crippen LogP contribution < -0.4 is 4.74 Å². The van der Waals surface area contributed by atoms with Crippen molar-refractivity contribution >= 4 is 38.9 Å². The standard InChI is InChI=1S/C13H15BrO2S/c1-10(15)17-8-4-3-5-11-6-7-12(14)9-13(11)16-2/h3,5-7,9H,4,8H2,1-2H3. The molecule has 0 radical (unpaired) electrons. The van der Waals surface area contributed by atoms with Gasteiger partial charge in [0, 0.05) is 22.7 Å². The van der Waals surface area contributed by atoms with Crippen LogP contribution in [0.4, 0.5) is 0 Å². The van der Waals surface area contributed by atoms with Gasteiger partial charge in [-0.3, -0.25) is 4.79 Å². The zero-order chi connectivity index (χ0) is 12.7. The third-order valence-corrected chi connectivity index (χ3v) is 3.42. The SMILES string of the molecule is COc1cc(Br)ccc1C=CCCSC(C)=O. The molecule has 17 heavy (non-hydrogen) atoms. The molecule has 0 unspecified atom stereocenters. The molecule has 0 bridgehead atoms. The van der Waals surface area contributed by atoms with Gasteiger partial charge in [-0.15, -0.1) is 0 Å². The highest BCUT2D eigenvalue weighted by molar-refractivity contribution is 9.10. The van der Waals surface area contributed by atoms with Crippen LogP contribution >= 0.6 is 27.7 Å². The summed E-state index contributed by atoms with van der Waals surface area (Å²) in [7, 11) is 1.66. The Hall–Kier alpha value is -0.740. The van der Waals surface area contributed by atoms with E-state index in [2.05, 4.69) is 22.0 Å². The van der Waals surface area contributed by atoms with Crippen LogP contribution in [0.25, 0.3) is 6.08 Å². The van der Waals surface area contributed by atoms with Crippen LogP contribution in [0.5, 0.6) is 5.75 Å². The minimum Gasteiger partial charge on any atom is -0.496 e. The second-order valence-electron chi connectivity index (χ2n) is 3.42. The molecule has 0 saturated heterocycles. The highest BCUT2D eigenvalue weighted by Gasteiger charge is 1.99. The summed E-state index contributed by atoms with van der Waals surface area (Å²) < 4.78 is 6.28. The van der Waals surface area contributed by atoms with Crippen molar-refractivity contribution in [3.05, 3.63) is 34.3 Å². The molecule has 4 heteroatoms. The van der Waals surface area contributed by atoms with E-state index in [-0.39, 0.29) is 5.12 Å². The van der Waals surface area contributed by atoms with Crippen molar-refractivity contribution in [2.75, 3.05) is 12.9 Å². The molecule has 0 atom stereocenters. The highest BCUT2D eigenvalue weighted by Crippen LogP contribution is 2.24. The largest absolute Gasteiger partial charge is 0.496 e. The molecule has 0 amide bonds. The first kappa shape index (κ1) is 14.3. The number of benzene rings is 1. The van der Waals surface area contributed by atoms with Gasteiger partial charge in [-0.1, -0.05) is 45.9 Å². The highest BCUT2D eigenvalue weighted by atomic mass is 79.9. The maximum atomic E-state index is 10.7. The Morgan fingerprint density at radius 2 is 2.29 bits per heavy atom. The average molecular weight is 315 g/mol. The van der Waals surface area contributed by atoms with Crippen LogP contribution in [0.15, 0.2) is 28.7 Å². The van der Waals surface area contributed by atoms with E-state index in [4.69, 9.17) is 4.74 Å². The fraction of sp³-hybridized carbons (Fsp3) is 0.308. The van der Waals surface area contributed by atoms with E-state index in [1.807, 2.05) is 24.3 Å². The van der Waals surface area contributed by atoms with Gasteiger partial charge in [0.2, 0.25) is 0 Å². The maximum Gasteiger partial charge on any atom is 0.185 e. The minimum atomic E-state index is 0.166. The Bertz CT molecular complexity index is 416. The zero-order valence-corrected chi connectivity index (χ0v) is 12.3. The molecule has 0 fully saturated rings. The molecule has 1 aromatic carbocycles. The molecule has 0 aliphatic rings. The molecule has 0 spiro atoms. The topological polar surface area (TPSA) is 26.3 Å². The number of hydrogen-bond donors (Lipinski definition) is 0. The van der Waals surface area contributed by atoms with E-state index in [1.165, 1.54) is 11.8 Å². The van der Waals surface area contributed by atoms with E-state index in [9.17, 15) is 4.79 Å². The van der Waals surface area contributed by atoms with Crippen molar-refractivity contribution in [3.63, 3.8) is 0 Å². The fourth-order valence-corrected chi connectivity index (χ4v) is 2.19. The third kappa shape index (κ3) is 5.41. The number of rotatable bonds is 5. The molecular weight excluding hydrogens is 300 g/mol. The molecule has 1 rings (SSSR count). The van der Waals surface area contributed by atoms with Crippen molar-refractivity contribution in [3.8, 4) is 5.75 Å². The summed E-state index contributed by atoms with van der Waals surface area (Å²) in [5, 5.41) is 0.166. The van der Waals surface area contributed by atoms with Gasteiger partial charge in [0.15, 0.2) is 5.12 Å². The van der Waals surface area contributed by atoms with Gasteiger partial charge in [-0.05, 0) is 18.6 Å². The van der Waals surface area contributed by atoms with Gasteiger partial charge in [0.1, 0.15) is 5.75 Å².